The van der Waals surface area contributed by atoms with Crippen LogP contribution >= 0.6 is 0 Å². The Labute approximate surface area is 146 Å². The maximum atomic E-state index is 3.97. The van der Waals surface area contributed by atoms with Crippen LogP contribution in [0.15, 0.2) is 60.7 Å². The van der Waals surface area contributed by atoms with Crippen molar-refractivity contribution in [2.24, 2.45) is 0 Å². The molecule has 0 aromatic heterocycles. The quantitative estimate of drug-likeness (QED) is 0.534. The average molecular weight is 458 g/mol. The van der Waals surface area contributed by atoms with Gasteiger partial charge in [-0.2, -0.15) is 62.6 Å². The summed E-state index contributed by atoms with van der Waals surface area (Å²) < 4.78 is 0. The summed E-state index contributed by atoms with van der Waals surface area (Å²) in [7, 11) is 0. The number of hydrogen-bond acceptors (Lipinski definition) is 0. The summed E-state index contributed by atoms with van der Waals surface area (Å²) in [6, 6.07) is 20.0. The van der Waals surface area contributed by atoms with Gasteiger partial charge in [0.15, 0.2) is 0 Å². The van der Waals surface area contributed by atoms with Crippen molar-refractivity contribution < 1.29 is 21.1 Å². The second-order valence-corrected chi connectivity index (χ2v) is 3.64. The SMILES string of the molecule is CC[N-]CC.CC[N-]CC.[W].c1cc[cH-]c1.c1cc[cH-]c1. The Balaban J connectivity index is -0.000000202. The van der Waals surface area contributed by atoms with Gasteiger partial charge in [-0.3, -0.25) is 0 Å². The van der Waals surface area contributed by atoms with Crippen LogP contribution in [0.1, 0.15) is 27.7 Å². The molecule has 0 N–H and O–H groups in total. The van der Waals surface area contributed by atoms with Crippen LogP contribution in [-0.4, -0.2) is 26.2 Å². The third kappa shape index (κ3) is 32.7. The summed E-state index contributed by atoms with van der Waals surface area (Å²) in [6.45, 7) is 12.1. The first kappa shape index (κ1) is 25.3. The van der Waals surface area contributed by atoms with Crippen LogP contribution in [0.5, 0.6) is 0 Å². The summed E-state index contributed by atoms with van der Waals surface area (Å²) in [5.74, 6) is 0. The van der Waals surface area contributed by atoms with Crippen molar-refractivity contribution in [1.29, 1.82) is 0 Å². The molecule has 0 unspecified atom stereocenters. The molecule has 0 aliphatic heterocycles. The van der Waals surface area contributed by atoms with E-state index in [-0.39, 0.29) is 21.1 Å². The molecule has 0 radical (unpaired) electrons. The third-order valence-corrected chi connectivity index (χ3v) is 2.01. The molecule has 0 atom stereocenters. The fourth-order valence-corrected chi connectivity index (χ4v) is 1.09. The predicted octanol–water partition coefficient (Wildman–Crippen LogP) is 5.61. The molecular formula is C18H30N2W-4. The van der Waals surface area contributed by atoms with E-state index >= 15 is 0 Å². The van der Waals surface area contributed by atoms with Crippen molar-refractivity contribution in [3.05, 3.63) is 71.3 Å². The summed E-state index contributed by atoms with van der Waals surface area (Å²) in [5.41, 5.74) is 0. The minimum absolute atomic E-state index is 0. The second-order valence-electron chi connectivity index (χ2n) is 3.64. The molecule has 2 aromatic carbocycles. The summed E-state index contributed by atoms with van der Waals surface area (Å²) in [5, 5.41) is 7.94. The molecule has 2 rings (SSSR count). The Morgan fingerprint density at radius 1 is 0.571 bits per heavy atom. The standard InChI is InChI=1S/2C5H5.2C4H10N.W/c2*1-2-4-5-3-1;2*1-3-5-4-2;/h2*1-5H;2*3-4H2,1-2H3;/q4*-1;. The van der Waals surface area contributed by atoms with Gasteiger partial charge in [-0.1, -0.05) is 27.7 Å². The van der Waals surface area contributed by atoms with Crippen molar-refractivity contribution in [1.82, 2.24) is 0 Å². The van der Waals surface area contributed by atoms with Crippen LogP contribution in [-0.2, 0) is 21.1 Å². The monoisotopic (exact) mass is 458 g/mol. The molecule has 0 saturated heterocycles. The molecule has 2 aromatic rings. The molecule has 3 heteroatoms. The molecule has 122 valence electrons. The molecule has 21 heavy (non-hydrogen) atoms. The van der Waals surface area contributed by atoms with Gasteiger partial charge in [0.05, 0.1) is 0 Å². The zero-order valence-corrected chi connectivity index (χ0v) is 16.8. The topological polar surface area (TPSA) is 28.2 Å². The van der Waals surface area contributed by atoms with E-state index in [4.69, 9.17) is 0 Å². The van der Waals surface area contributed by atoms with Gasteiger partial charge in [-0.15, -0.1) is 0 Å². The number of rotatable bonds is 4. The largest absolute Gasteiger partial charge is 0.663 e. The van der Waals surface area contributed by atoms with Gasteiger partial charge < -0.3 is 10.6 Å². The molecule has 0 heterocycles. The first-order valence-electron chi connectivity index (χ1n) is 7.43. The van der Waals surface area contributed by atoms with Crippen LogP contribution in [0.4, 0.5) is 0 Å². The van der Waals surface area contributed by atoms with Crippen LogP contribution in [0.3, 0.4) is 0 Å². The molecule has 0 aliphatic rings. The van der Waals surface area contributed by atoms with E-state index in [2.05, 4.69) is 10.6 Å². The minimum atomic E-state index is 0. The van der Waals surface area contributed by atoms with E-state index in [0.717, 1.165) is 26.2 Å². The Morgan fingerprint density at radius 3 is 0.857 bits per heavy atom. The second kappa shape index (κ2) is 27.6. The van der Waals surface area contributed by atoms with Crippen molar-refractivity contribution in [2.75, 3.05) is 26.2 Å². The van der Waals surface area contributed by atoms with Gasteiger partial charge in [-0.05, 0) is 0 Å². The van der Waals surface area contributed by atoms with Crippen LogP contribution < -0.4 is 0 Å². The van der Waals surface area contributed by atoms with Gasteiger partial charge >= 0.3 is 0 Å². The van der Waals surface area contributed by atoms with E-state index in [1.165, 1.54) is 0 Å². The van der Waals surface area contributed by atoms with Crippen LogP contribution in [0, 0.1) is 0 Å². The van der Waals surface area contributed by atoms with Crippen molar-refractivity contribution in [2.45, 2.75) is 27.7 Å². The molecule has 0 saturated carbocycles. The molecule has 0 amide bonds. The first-order valence-corrected chi connectivity index (χ1v) is 7.43. The molecular weight excluding hydrogens is 428 g/mol. The minimum Gasteiger partial charge on any atom is -0.663 e. The summed E-state index contributed by atoms with van der Waals surface area (Å²) in [4.78, 5) is 0. The van der Waals surface area contributed by atoms with E-state index in [9.17, 15) is 0 Å². The van der Waals surface area contributed by atoms with Gasteiger partial charge in [-0.25, -0.2) is 24.3 Å². The molecule has 0 bridgehead atoms. The summed E-state index contributed by atoms with van der Waals surface area (Å²) >= 11 is 0. The van der Waals surface area contributed by atoms with Gasteiger partial charge in [0.2, 0.25) is 0 Å². The fraction of sp³-hybridized carbons (Fsp3) is 0.444. The molecule has 0 spiro atoms. The average Bonchev–Trinajstić information content (AvgIpc) is 3.20. The Morgan fingerprint density at radius 2 is 0.810 bits per heavy atom. The zero-order valence-electron chi connectivity index (χ0n) is 13.9. The van der Waals surface area contributed by atoms with E-state index < -0.39 is 0 Å². The van der Waals surface area contributed by atoms with E-state index in [1.54, 1.807) is 0 Å². The number of hydrogen-bond donors (Lipinski definition) is 0. The number of nitrogens with zero attached hydrogens (tertiary/aromatic N) is 2. The van der Waals surface area contributed by atoms with Crippen molar-refractivity contribution in [3.8, 4) is 0 Å². The fourth-order valence-electron chi connectivity index (χ4n) is 1.09. The van der Waals surface area contributed by atoms with Gasteiger partial charge in [0.1, 0.15) is 0 Å². The maximum Gasteiger partial charge on any atom is 0 e. The Bertz CT molecular complexity index is 220. The van der Waals surface area contributed by atoms with Gasteiger partial charge in [0, 0.05) is 21.1 Å². The maximum absolute atomic E-state index is 3.97. The van der Waals surface area contributed by atoms with Crippen molar-refractivity contribution >= 4 is 0 Å². The summed E-state index contributed by atoms with van der Waals surface area (Å²) in [6.07, 6.45) is 0. The Hall–Kier alpha value is -0.692. The van der Waals surface area contributed by atoms with Gasteiger partial charge in [0.25, 0.3) is 0 Å². The first-order chi connectivity index (χ1) is 9.83. The predicted molar refractivity (Wildman–Crippen MR) is 93.0 cm³/mol. The van der Waals surface area contributed by atoms with E-state index in [1.807, 2.05) is 88.4 Å². The smallest absolute Gasteiger partial charge is 0 e. The molecule has 0 aliphatic carbocycles. The third-order valence-electron chi connectivity index (χ3n) is 2.01. The molecule has 2 nitrogen and oxygen atoms in total. The molecule has 0 fully saturated rings. The van der Waals surface area contributed by atoms with E-state index in [0.29, 0.717) is 0 Å². The van der Waals surface area contributed by atoms with Crippen molar-refractivity contribution in [3.63, 3.8) is 0 Å². The Kier molecular flexibility index (Phi) is 33.2. The van der Waals surface area contributed by atoms with Crippen LogP contribution in [0.2, 0.25) is 0 Å². The zero-order chi connectivity index (χ0) is 15.3. The normalized spacial score (nSPS) is 7.81. The van der Waals surface area contributed by atoms with Crippen LogP contribution in [0.25, 0.3) is 10.6 Å².